The summed E-state index contributed by atoms with van der Waals surface area (Å²) in [5.41, 5.74) is 6.61. The normalized spacial score (nSPS) is 18.5. The van der Waals surface area contributed by atoms with Crippen molar-refractivity contribution in [1.29, 1.82) is 0 Å². The maximum Gasteiger partial charge on any atom is 0.231 e. The van der Waals surface area contributed by atoms with Gasteiger partial charge in [0.05, 0.1) is 6.54 Å². The van der Waals surface area contributed by atoms with E-state index in [1.54, 1.807) is 0 Å². The van der Waals surface area contributed by atoms with E-state index < -0.39 is 0 Å². The summed E-state index contributed by atoms with van der Waals surface area (Å²) in [4.78, 5) is 12.9. The van der Waals surface area contributed by atoms with Crippen LogP contribution in [0.25, 0.3) is 0 Å². The number of nitrogens with zero attached hydrogens (tertiary/aromatic N) is 1. The fourth-order valence-corrected chi connectivity index (χ4v) is 2.37. The van der Waals surface area contributed by atoms with Crippen LogP contribution in [0, 0.1) is 0 Å². The Morgan fingerprint density at radius 1 is 1.25 bits per heavy atom. The van der Waals surface area contributed by atoms with Gasteiger partial charge in [0.15, 0.2) is 0 Å². The molecule has 0 spiro atoms. The molecule has 1 amide bonds. The Hall–Kier alpha value is -1.35. The number of carbonyl (C=O) groups is 1. The molecule has 0 saturated carbocycles. The van der Waals surface area contributed by atoms with Crippen molar-refractivity contribution >= 4 is 5.91 Å². The number of rotatable bonds is 3. The molecule has 1 aliphatic heterocycles. The molecule has 1 aliphatic rings. The molecule has 0 aromatic heterocycles. The van der Waals surface area contributed by atoms with Gasteiger partial charge in [0.25, 0.3) is 0 Å². The highest BCUT2D eigenvalue weighted by Crippen LogP contribution is 2.27. The lowest BCUT2D eigenvalue weighted by molar-refractivity contribution is -0.119. The summed E-state index contributed by atoms with van der Waals surface area (Å²) in [5.74, 6) is 0.420. The Balaban J connectivity index is 1.88. The van der Waals surface area contributed by atoms with Crippen LogP contribution in [-0.2, 0) is 4.79 Å². The molecule has 0 aliphatic carbocycles. The van der Waals surface area contributed by atoms with E-state index in [0.29, 0.717) is 12.5 Å². The second-order valence-corrected chi connectivity index (χ2v) is 4.43. The van der Waals surface area contributed by atoms with E-state index in [9.17, 15) is 4.79 Å². The summed E-state index contributed by atoms with van der Waals surface area (Å²) in [6.45, 7) is 2.35. The largest absolute Gasteiger partial charge is 0.369 e. The van der Waals surface area contributed by atoms with Crippen molar-refractivity contribution in [2.75, 3.05) is 19.6 Å². The van der Waals surface area contributed by atoms with E-state index in [1.807, 2.05) is 6.07 Å². The minimum Gasteiger partial charge on any atom is -0.369 e. The monoisotopic (exact) mass is 218 g/mol. The number of amides is 1. The predicted molar refractivity (Wildman–Crippen MR) is 64.1 cm³/mol. The minimum absolute atomic E-state index is 0.224. The third-order valence-corrected chi connectivity index (χ3v) is 3.24. The highest BCUT2D eigenvalue weighted by atomic mass is 16.1. The van der Waals surface area contributed by atoms with Gasteiger partial charge < -0.3 is 5.73 Å². The predicted octanol–water partition coefficient (Wildman–Crippen LogP) is 1.35. The lowest BCUT2D eigenvalue weighted by atomic mass is 9.89. The van der Waals surface area contributed by atoms with Gasteiger partial charge in [-0.05, 0) is 37.4 Å². The summed E-state index contributed by atoms with van der Waals surface area (Å²) >= 11 is 0. The standard InChI is InChI=1S/C13H18N2O/c14-13(16)10-15-8-6-12(7-9-15)11-4-2-1-3-5-11/h1-5,12H,6-10H2,(H2,14,16). The number of hydrogen-bond donors (Lipinski definition) is 1. The Kier molecular flexibility index (Phi) is 3.57. The first-order valence-corrected chi connectivity index (χ1v) is 5.81. The molecule has 2 N–H and O–H groups in total. The van der Waals surface area contributed by atoms with Gasteiger partial charge >= 0.3 is 0 Å². The van der Waals surface area contributed by atoms with Crippen molar-refractivity contribution in [3.8, 4) is 0 Å². The molecule has 3 nitrogen and oxygen atoms in total. The first kappa shape index (κ1) is 11.1. The third kappa shape index (κ3) is 2.83. The van der Waals surface area contributed by atoms with Crippen LogP contribution >= 0.6 is 0 Å². The van der Waals surface area contributed by atoms with E-state index in [-0.39, 0.29) is 5.91 Å². The highest BCUT2D eigenvalue weighted by molar-refractivity contribution is 5.75. The first-order chi connectivity index (χ1) is 7.75. The van der Waals surface area contributed by atoms with E-state index in [1.165, 1.54) is 5.56 Å². The summed E-state index contributed by atoms with van der Waals surface area (Å²) in [7, 11) is 0. The van der Waals surface area contributed by atoms with Crippen molar-refractivity contribution in [3.63, 3.8) is 0 Å². The van der Waals surface area contributed by atoms with Gasteiger partial charge in [0.2, 0.25) is 5.91 Å². The van der Waals surface area contributed by atoms with Gasteiger partial charge in [0, 0.05) is 0 Å². The number of likely N-dealkylation sites (tertiary alicyclic amines) is 1. The zero-order valence-electron chi connectivity index (χ0n) is 9.43. The second kappa shape index (κ2) is 5.12. The SMILES string of the molecule is NC(=O)CN1CCC(c2ccccc2)CC1. The van der Waals surface area contributed by atoms with Gasteiger partial charge in [-0.3, -0.25) is 9.69 Å². The molecule has 16 heavy (non-hydrogen) atoms. The Bertz CT molecular complexity index is 342. The number of piperidine rings is 1. The van der Waals surface area contributed by atoms with E-state index in [4.69, 9.17) is 5.73 Å². The molecule has 1 aromatic carbocycles. The molecule has 86 valence electrons. The van der Waals surface area contributed by atoms with Gasteiger partial charge in [-0.1, -0.05) is 30.3 Å². The summed E-state index contributed by atoms with van der Waals surface area (Å²) in [6, 6.07) is 10.6. The zero-order valence-corrected chi connectivity index (χ0v) is 9.43. The van der Waals surface area contributed by atoms with Crippen molar-refractivity contribution < 1.29 is 4.79 Å². The number of nitrogens with two attached hydrogens (primary N) is 1. The van der Waals surface area contributed by atoms with Crippen molar-refractivity contribution in [2.24, 2.45) is 5.73 Å². The Labute approximate surface area is 96.2 Å². The molecular formula is C13H18N2O. The molecule has 1 heterocycles. The Morgan fingerprint density at radius 2 is 1.88 bits per heavy atom. The molecular weight excluding hydrogens is 200 g/mol. The quantitative estimate of drug-likeness (QED) is 0.832. The highest BCUT2D eigenvalue weighted by Gasteiger charge is 2.20. The van der Waals surface area contributed by atoms with Crippen LogP contribution < -0.4 is 5.73 Å². The van der Waals surface area contributed by atoms with E-state index >= 15 is 0 Å². The number of primary amides is 1. The fourth-order valence-electron chi connectivity index (χ4n) is 2.37. The summed E-state index contributed by atoms with van der Waals surface area (Å²) in [5, 5.41) is 0. The van der Waals surface area contributed by atoms with Crippen molar-refractivity contribution in [1.82, 2.24) is 4.90 Å². The van der Waals surface area contributed by atoms with Crippen LogP contribution in [0.3, 0.4) is 0 Å². The minimum atomic E-state index is -0.224. The Morgan fingerprint density at radius 3 is 2.44 bits per heavy atom. The topological polar surface area (TPSA) is 46.3 Å². The molecule has 0 radical (unpaired) electrons. The van der Waals surface area contributed by atoms with Crippen LogP contribution in [0.2, 0.25) is 0 Å². The molecule has 0 atom stereocenters. The number of benzene rings is 1. The van der Waals surface area contributed by atoms with E-state index in [0.717, 1.165) is 25.9 Å². The van der Waals surface area contributed by atoms with Crippen LogP contribution in [0.1, 0.15) is 24.3 Å². The van der Waals surface area contributed by atoms with Crippen LogP contribution in [-0.4, -0.2) is 30.4 Å². The summed E-state index contributed by atoms with van der Waals surface area (Å²) in [6.07, 6.45) is 2.24. The van der Waals surface area contributed by atoms with Gasteiger partial charge in [-0.2, -0.15) is 0 Å². The van der Waals surface area contributed by atoms with Crippen molar-refractivity contribution in [2.45, 2.75) is 18.8 Å². The average molecular weight is 218 g/mol. The number of carbonyl (C=O) groups excluding carboxylic acids is 1. The second-order valence-electron chi connectivity index (χ2n) is 4.43. The van der Waals surface area contributed by atoms with Crippen LogP contribution in [0.4, 0.5) is 0 Å². The smallest absolute Gasteiger partial charge is 0.231 e. The van der Waals surface area contributed by atoms with Gasteiger partial charge in [-0.25, -0.2) is 0 Å². The van der Waals surface area contributed by atoms with E-state index in [2.05, 4.69) is 29.2 Å². The molecule has 1 saturated heterocycles. The van der Waals surface area contributed by atoms with Gasteiger partial charge in [-0.15, -0.1) is 0 Å². The first-order valence-electron chi connectivity index (χ1n) is 5.81. The van der Waals surface area contributed by atoms with Crippen LogP contribution in [0.15, 0.2) is 30.3 Å². The lowest BCUT2D eigenvalue weighted by Crippen LogP contribution is -2.39. The molecule has 0 bridgehead atoms. The zero-order chi connectivity index (χ0) is 11.4. The molecule has 2 rings (SSSR count). The van der Waals surface area contributed by atoms with Crippen LogP contribution in [0.5, 0.6) is 0 Å². The maximum absolute atomic E-state index is 10.8. The molecule has 0 unspecified atom stereocenters. The fraction of sp³-hybridized carbons (Fsp3) is 0.462. The van der Waals surface area contributed by atoms with Gasteiger partial charge in [0.1, 0.15) is 0 Å². The maximum atomic E-state index is 10.8. The lowest BCUT2D eigenvalue weighted by Gasteiger charge is -2.31. The third-order valence-electron chi connectivity index (χ3n) is 3.24. The summed E-state index contributed by atoms with van der Waals surface area (Å²) < 4.78 is 0. The molecule has 1 aromatic rings. The molecule has 1 fully saturated rings. The molecule has 3 heteroatoms. The van der Waals surface area contributed by atoms with Crippen molar-refractivity contribution in [3.05, 3.63) is 35.9 Å². The average Bonchev–Trinajstić information content (AvgIpc) is 2.30. The number of hydrogen-bond acceptors (Lipinski definition) is 2.